The van der Waals surface area contributed by atoms with E-state index in [0.717, 1.165) is 31.1 Å². The van der Waals surface area contributed by atoms with Gasteiger partial charge in [-0.15, -0.1) is 0 Å². The van der Waals surface area contributed by atoms with Gasteiger partial charge in [-0.3, -0.25) is 0 Å². The first-order chi connectivity index (χ1) is 25.2. The van der Waals surface area contributed by atoms with Gasteiger partial charge in [0.25, 0.3) is 0 Å². The van der Waals surface area contributed by atoms with E-state index >= 15 is 0 Å². The molecule has 0 saturated heterocycles. The van der Waals surface area contributed by atoms with Gasteiger partial charge in [-0.2, -0.15) is 54.6 Å². The minimum absolute atomic E-state index is 0. The van der Waals surface area contributed by atoms with Crippen LogP contribution in [0.3, 0.4) is 0 Å². The number of rotatable bonds is 8. The first-order valence-electron chi connectivity index (χ1n) is 17.1. The van der Waals surface area contributed by atoms with Gasteiger partial charge in [-0.25, -0.2) is 0 Å². The van der Waals surface area contributed by atoms with Crippen LogP contribution in [0.25, 0.3) is 0 Å². The van der Waals surface area contributed by atoms with E-state index in [1.165, 1.54) is 22.3 Å². The topological polar surface area (TPSA) is 13.0 Å². The Balaban J connectivity index is 0.000000171. The number of hydrogen-bond acceptors (Lipinski definition) is 5. The molecule has 0 fully saturated rings. The third-order valence-corrected chi connectivity index (χ3v) is 7.95. The van der Waals surface area contributed by atoms with Crippen LogP contribution in [0, 0.1) is 19.4 Å². The molecule has 0 N–H and O–H groups in total. The van der Waals surface area contributed by atoms with Crippen LogP contribution < -0.4 is 0 Å². The van der Waals surface area contributed by atoms with Crippen LogP contribution in [0.2, 0.25) is 0 Å². The van der Waals surface area contributed by atoms with Crippen molar-refractivity contribution in [3.05, 3.63) is 248 Å². The fourth-order valence-corrected chi connectivity index (χ4v) is 5.35. The van der Waals surface area contributed by atoms with Crippen molar-refractivity contribution in [1.82, 2.24) is 19.6 Å². The standard InChI is InChI=1S/2C17H17N2.C6H6S.C6H5.Ni/c2*1-3-7-16(8-4-1)13-18-11-12-19(15-18)14-17-9-5-2-6-10-17;7-6-4-2-1-3-5-6;1-2-4-6-5-3-1;/h2*1-12,15H,13-14H2;1-5,7H;1-5H;/q2*-1;;-1;/p-1. The quantitative estimate of drug-likeness (QED) is 0.0872. The van der Waals surface area contributed by atoms with Crippen molar-refractivity contribution < 1.29 is 16.5 Å². The maximum atomic E-state index is 4.81. The molecule has 6 aromatic carbocycles. The van der Waals surface area contributed by atoms with Gasteiger partial charge in [0, 0.05) is 42.7 Å². The SMILES string of the molecule is C1=CN(Cc2ccccc2)[CH-]N1Cc1ccccc1.C1=CN(Cc2ccccc2)[CH-]N1Cc1ccccc1.[Ni].[S-]c1ccccc1.[c-]1ccccc1. The largest absolute Gasteiger partial charge is 0.780 e. The molecular formula is C46H44N4NiS-4. The second-order valence-electron chi connectivity index (χ2n) is 11.8. The van der Waals surface area contributed by atoms with Gasteiger partial charge in [0.2, 0.25) is 0 Å². The third-order valence-electron chi connectivity index (χ3n) is 7.67. The van der Waals surface area contributed by atoms with Gasteiger partial charge < -0.3 is 32.2 Å². The molecule has 0 bridgehead atoms. The van der Waals surface area contributed by atoms with E-state index < -0.39 is 0 Å². The molecule has 4 nitrogen and oxygen atoms in total. The van der Waals surface area contributed by atoms with E-state index in [2.05, 4.69) is 185 Å². The average molecular weight is 744 g/mol. The summed E-state index contributed by atoms with van der Waals surface area (Å²) in [5.41, 5.74) is 5.30. The molecule has 0 unspecified atom stereocenters. The van der Waals surface area contributed by atoms with Crippen molar-refractivity contribution in [1.29, 1.82) is 0 Å². The Hall–Kier alpha value is -5.29. The molecule has 52 heavy (non-hydrogen) atoms. The minimum atomic E-state index is 0. The van der Waals surface area contributed by atoms with Crippen molar-refractivity contribution >= 4 is 12.6 Å². The smallest absolute Gasteiger partial charge is 0.0153 e. The fourth-order valence-electron chi connectivity index (χ4n) is 5.19. The number of benzene rings is 6. The van der Waals surface area contributed by atoms with Crippen LogP contribution in [-0.4, -0.2) is 19.6 Å². The molecule has 0 saturated carbocycles. The van der Waals surface area contributed by atoms with E-state index in [9.17, 15) is 0 Å². The number of hydrogen-bond donors (Lipinski definition) is 0. The predicted octanol–water partition coefficient (Wildman–Crippen LogP) is 10.3. The van der Waals surface area contributed by atoms with Crippen LogP contribution in [0.4, 0.5) is 0 Å². The Labute approximate surface area is 326 Å². The van der Waals surface area contributed by atoms with Gasteiger partial charge in [-0.1, -0.05) is 152 Å². The Kier molecular flexibility index (Phi) is 17.7. The Morgan fingerprint density at radius 3 is 0.808 bits per heavy atom. The molecule has 0 atom stereocenters. The van der Waals surface area contributed by atoms with Crippen molar-refractivity contribution in [2.24, 2.45) is 0 Å². The first-order valence-corrected chi connectivity index (χ1v) is 17.5. The summed E-state index contributed by atoms with van der Waals surface area (Å²) in [7, 11) is 0. The van der Waals surface area contributed by atoms with Crippen molar-refractivity contribution in [3.8, 4) is 0 Å². The van der Waals surface area contributed by atoms with Crippen molar-refractivity contribution in [2.75, 3.05) is 0 Å². The van der Waals surface area contributed by atoms with Crippen LogP contribution in [0.15, 0.2) is 212 Å². The zero-order valence-corrected chi connectivity index (χ0v) is 30.9. The van der Waals surface area contributed by atoms with Gasteiger partial charge >= 0.3 is 0 Å². The molecule has 0 spiro atoms. The molecular weight excluding hydrogens is 699 g/mol. The zero-order valence-electron chi connectivity index (χ0n) is 29.1. The van der Waals surface area contributed by atoms with E-state index in [0.29, 0.717) is 0 Å². The Bertz CT molecular complexity index is 1580. The van der Waals surface area contributed by atoms with Crippen LogP contribution in [-0.2, 0) is 55.3 Å². The predicted molar refractivity (Wildman–Crippen MR) is 212 cm³/mol. The first kappa shape index (κ1) is 39.5. The molecule has 8 rings (SSSR count). The van der Waals surface area contributed by atoms with Gasteiger partial charge in [0.15, 0.2) is 0 Å². The fraction of sp³-hybridized carbons (Fsp3) is 0.0870. The summed E-state index contributed by atoms with van der Waals surface area (Å²) in [5, 5.41) is 0. The van der Waals surface area contributed by atoms with Gasteiger partial charge in [-0.05, 0) is 47.1 Å². The average Bonchev–Trinajstić information content (AvgIpc) is 3.83. The van der Waals surface area contributed by atoms with Gasteiger partial charge in [0.05, 0.1) is 0 Å². The summed E-state index contributed by atoms with van der Waals surface area (Å²) in [6, 6.07) is 64.2. The normalized spacial score (nSPS) is 12.4. The summed E-state index contributed by atoms with van der Waals surface area (Å²) >= 11 is 4.81. The summed E-state index contributed by atoms with van der Waals surface area (Å²) in [6.45, 7) is 7.98. The van der Waals surface area contributed by atoms with Crippen molar-refractivity contribution in [3.63, 3.8) is 0 Å². The monoisotopic (exact) mass is 742 g/mol. The van der Waals surface area contributed by atoms with E-state index in [-0.39, 0.29) is 16.5 Å². The van der Waals surface area contributed by atoms with Crippen LogP contribution in [0.5, 0.6) is 0 Å². The van der Waals surface area contributed by atoms with E-state index in [1.54, 1.807) is 0 Å². The summed E-state index contributed by atoms with van der Waals surface area (Å²) < 4.78 is 0. The molecule has 2 heterocycles. The van der Waals surface area contributed by atoms with Crippen molar-refractivity contribution in [2.45, 2.75) is 31.1 Å². The van der Waals surface area contributed by atoms with Crippen LogP contribution in [0.1, 0.15) is 22.3 Å². The van der Waals surface area contributed by atoms with E-state index in [4.69, 9.17) is 12.6 Å². The van der Waals surface area contributed by atoms with Gasteiger partial charge in [0.1, 0.15) is 0 Å². The molecule has 0 aromatic heterocycles. The summed E-state index contributed by atoms with van der Waals surface area (Å²) in [6.07, 6.45) is 8.48. The third kappa shape index (κ3) is 15.3. The molecule has 2 aliphatic heterocycles. The maximum Gasteiger partial charge on any atom is 0.0153 e. The second kappa shape index (κ2) is 23.2. The summed E-state index contributed by atoms with van der Waals surface area (Å²) in [5.74, 6) is 0. The molecule has 268 valence electrons. The Morgan fingerprint density at radius 1 is 0.365 bits per heavy atom. The molecule has 6 heteroatoms. The maximum absolute atomic E-state index is 4.81. The molecule has 2 aliphatic rings. The molecule has 0 amide bonds. The summed E-state index contributed by atoms with van der Waals surface area (Å²) in [4.78, 5) is 9.73. The van der Waals surface area contributed by atoms with Crippen LogP contribution >= 0.6 is 0 Å². The molecule has 6 aromatic rings. The molecule has 0 radical (unpaired) electrons. The zero-order chi connectivity index (χ0) is 35.2. The molecule has 0 aliphatic carbocycles. The van der Waals surface area contributed by atoms with E-state index in [1.807, 2.05) is 60.7 Å². The minimum Gasteiger partial charge on any atom is -0.780 e. The number of nitrogens with zero attached hydrogens (tertiary/aromatic N) is 4. The Morgan fingerprint density at radius 2 is 0.615 bits per heavy atom. The second-order valence-corrected chi connectivity index (χ2v) is 12.3.